The third-order valence-electron chi connectivity index (χ3n) is 1.45. The molecule has 0 aliphatic heterocycles. The van der Waals surface area contributed by atoms with Gasteiger partial charge in [0, 0.05) is 6.07 Å². The number of ether oxygens (including phenoxy) is 1. The Morgan fingerprint density at radius 3 is 2.64 bits per heavy atom. The van der Waals surface area contributed by atoms with Gasteiger partial charge in [-0.2, -0.15) is 0 Å². The topological polar surface area (TPSA) is 56.3 Å². The molecule has 4 nitrogen and oxygen atoms in total. The molecule has 0 aliphatic carbocycles. The molecule has 1 rings (SSSR count). The van der Waals surface area contributed by atoms with Crippen LogP contribution in [0.5, 0.6) is 0 Å². The fourth-order valence-corrected chi connectivity index (χ4v) is 0.803. The van der Waals surface area contributed by atoms with E-state index in [1.54, 1.807) is 0 Å². The highest BCUT2D eigenvalue weighted by molar-refractivity contribution is 5.88. The highest BCUT2D eigenvalue weighted by Crippen LogP contribution is 2.10. The van der Waals surface area contributed by atoms with Gasteiger partial charge in [0.1, 0.15) is 5.69 Å². The van der Waals surface area contributed by atoms with Crippen molar-refractivity contribution >= 4 is 12.3 Å². The second kappa shape index (κ2) is 3.91. The second-order valence-corrected chi connectivity index (χ2v) is 2.30. The summed E-state index contributed by atoms with van der Waals surface area (Å²) >= 11 is 0. The molecule has 0 atom stereocenters. The normalized spacial score (nSPS) is 9.64. The summed E-state index contributed by atoms with van der Waals surface area (Å²) in [6, 6.07) is 0.406. The Bertz CT molecular complexity index is 392. The summed E-state index contributed by atoms with van der Waals surface area (Å²) in [4.78, 5) is 24.2. The first kappa shape index (κ1) is 10.2. The number of esters is 1. The average molecular weight is 201 g/mol. The van der Waals surface area contributed by atoms with Crippen LogP contribution in [0.1, 0.15) is 21.0 Å². The lowest BCUT2D eigenvalue weighted by molar-refractivity contribution is 0.0588. The van der Waals surface area contributed by atoms with Gasteiger partial charge in [0.25, 0.3) is 0 Å². The van der Waals surface area contributed by atoms with E-state index in [1.807, 2.05) is 0 Å². The van der Waals surface area contributed by atoms with Crippen LogP contribution in [0.4, 0.5) is 8.78 Å². The molecule has 0 N–H and O–H groups in total. The van der Waals surface area contributed by atoms with Crippen molar-refractivity contribution < 1.29 is 23.1 Å². The van der Waals surface area contributed by atoms with Crippen LogP contribution in [-0.2, 0) is 4.74 Å². The van der Waals surface area contributed by atoms with Crippen molar-refractivity contribution in [2.24, 2.45) is 0 Å². The van der Waals surface area contributed by atoms with Crippen LogP contribution in [0, 0.1) is 11.6 Å². The number of aromatic nitrogens is 1. The molecule has 0 spiro atoms. The van der Waals surface area contributed by atoms with Gasteiger partial charge in [-0.1, -0.05) is 0 Å². The zero-order valence-corrected chi connectivity index (χ0v) is 7.08. The predicted octanol–water partition coefficient (Wildman–Crippen LogP) is 0.959. The summed E-state index contributed by atoms with van der Waals surface area (Å²) in [5.41, 5.74) is -1.34. The van der Waals surface area contributed by atoms with Gasteiger partial charge in [-0.15, -0.1) is 0 Å². The molecular formula is C8H5F2NO3. The number of pyridine rings is 1. The number of methoxy groups -OCH3 is 1. The molecule has 0 aromatic carbocycles. The van der Waals surface area contributed by atoms with Gasteiger partial charge in [-0.25, -0.2) is 18.6 Å². The standard InChI is InChI=1S/C8H5F2NO3/c1-14-8(13)7-5(10)2-4(9)6(3-12)11-7/h2-3H,1H3. The molecule has 0 unspecified atom stereocenters. The third kappa shape index (κ3) is 1.73. The van der Waals surface area contributed by atoms with Crippen LogP contribution in [0.2, 0.25) is 0 Å². The smallest absolute Gasteiger partial charge is 0.359 e. The van der Waals surface area contributed by atoms with E-state index < -0.39 is 29.0 Å². The Labute approximate surface area is 77.5 Å². The van der Waals surface area contributed by atoms with Crippen LogP contribution in [0.3, 0.4) is 0 Å². The van der Waals surface area contributed by atoms with Crippen molar-refractivity contribution in [1.82, 2.24) is 4.98 Å². The molecule has 14 heavy (non-hydrogen) atoms. The van der Waals surface area contributed by atoms with E-state index in [-0.39, 0.29) is 6.29 Å². The maximum absolute atomic E-state index is 12.9. The van der Waals surface area contributed by atoms with E-state index >= 15 is 0 Å². The zero-order chi connectivity index (χ0) is 10.7. The highest BCUT2D eigenvalue weighted by Gasteiger charge is 2.17. The van der Waals surface area contributed by atoms with E-state index in [2.05, 4.69) is 9.72 Å². The van der Waals surface area contributed by atoms with Crippen molar-refractivity contribution in [1.29, 1.82) is 0 Å². The van der Waals surface area contributed by atoms with Gasteiger partial charge in [0.2, 0.25) is 0 Å². The Morgan fingerprint density at radius 2 is 2.14 bits per heavy atom. The number of carbonyl (C=O) groups is 2. The van der Waals surface area contributed by atoms with Gasteiger partial charge in [-0.3, -0.25) is 4.79 Å². The minimum atomic E-state index is -1.17. The second-order valence-electron chi connectivity index (χ2n) is 2.30. The molecule has 1 heterocycles. The molecule has 0 aliphatic rings. The molecule has 0 saturated heterocycles. The van der Waals surface area contributed by atoms with Crippen LogP contribution in [-0.4, -0.2) is 24.3 Å². The van der Waals surface area contributed by atoms with Gasteiger partial charge in [-0.05, 0) is 0 Å². The van der Waals surface area contributed by atoms with E-state index in [9.17, 15) is 18.4 Å². The zero-order valence-electron chi connectivity index (χ0n) is 7.08. The Kier molecular flexibility index (Phi) is 2.85. The van der Waals surface area contributed by atoms with Crippen molar-refractivity contribution in [3.8, 4) is 0 Å². The van der Waals surface area contributed by atoms with Crippen LogP contribution in [0.25, 0.3) is 0 Å². The lowest BCUT2D eigenvalue weighted by Crippen LogP contribution is -2.10. The molecule has 74 valence electrons. The maximum Gasteiger partial charge on any atom is 0.359 e. The third-order valence-corrected chi connectivity index (χ3v) is 1.45. The van der Waals surface area contributed by atoms with Crippen LogP contribution >= 0.6 is 0 Å². The van der Waals surface area contributed by atoms with Crippen molar-refractivity contribution in [2.75, 3.05) is 7.11 Å². The van der Waals surface area contributed by atoms with Gasteiger partial charge in [0.15, 0.2) is 23.6 Å². The first-order valence-corrected chi connectivity index (χ1v) is 3.49. The number of carbonyl (C=O) groups excluding carboxylic acids is 2. The number of rotatable bonds is 2. The number of aldehydes is 1. The maximum atomic E-state index is 12.9. The number of nitrogens with zero attached hydrogens (tertiary/aromatic N) is 1. The minimum Gasteiger partial charge on any atom is -0.464 e. The fourth-order valence-electron chi connectivity index (χ4n) is 0.803. The summed E-state index contributed by atoms with van der Waals surface area (Å²) in [5, 5.41) is 0. The van der Waals surface area contributed by atoms with Gasteiger partial charge in [0.05, 0.1) is 7.11 Å². The molecule has 0 radical (unpaired) electrons. The summed E-state index contributed by atoms with van der Waals surface area (Å²) in [5.74, 6) is -3.35. The quantitative estimate of drug-likeness (QED) is 0.528. The van der Waals surface area contributed by atoms with Crippen LogP contribution in [0.15, 0.2) is 6.07 Å². The van der Waals surface area contributed by atoms with Gasteiger partial charge < -0.3 is 4.74 Å². The molecule has 0 saturated carbocycles. The summed E-state index contributed by atoms with van der Waals surface area (Å²) in [6.45, 7) is 0. The fraction of sp³-hybridized carbons (Fsp3) is 0.125. The van der Waals surface area contributed by atoms with Crippen molar-refractivity contribution in [3.05, 3.63) is 29.1 Å². The number of halogens is 2. The van der Waals surface area contributed by atoms with Gasteiger partial charge >= 0.3 is 5.97 Å². The molecule has 1 aromatic rings. The summed E-state index contributed by atoms with van der Waals surface area (Å²) < 4.78 is 29.8. The largest absolute Gasteiger partial charge is 0.464 e. The summed E-state index contributed by atoms with van der Waals surface area (Å²) in [7, 11) is 1.02. The Morgan fingerprint density at radius 1 is 1.50 bits per heavy atom. The lowest BCUT2D eigenvalue weighted by atomic mass is 10.3. The molecule has 0 fully saturated rings. The molecular weight excluding hydrogens is 196 g/mol. The first-order chi connectivity index (χ1) is 6.60. The highest BCUT2D eigenvalue weighted by atomic mass is 19.1. The molecule has 1 aromatic heterocycles. The SMILES string of the molecule is COC(=O)c1nc(C=O)c(F)cc1F. The monoisotopic (exact) mass is 201 g/mol. The Hall–Kier alpha value is -1.85. The van der Waals surface area contributed by atoms with E-state index in [0.29, 0.717) is 6.07 Å². The van der Waals surface area contributed by atoms with Crippen molar-refractivity contribution in [3.63, 3.8) is 0 Å². The first-order valence-electron chi connectivity index (χ1n) is 3.49. The molecule has 0 amide bonds. The minimum absolute atomic E-state index is 0.0845. The lowest BCUT2D eigenvalue weighted by Gasteiger charge is -2.01. The van der Waals surface area contributed by atoms with E-state index in [0.717, 1.165) is 7.11 Å². The molecule has 0 bridgehead atoms. The van der Waals surface area contributed by atoms with E-state index in [4.69, 9.17) is 0 Å². The number of hydrogen-bond donors (Lipinski definition) is 0. The van der Waals surface area contributed by atoms with Crippen LogP contribution < -0.4 is 0 Å². The van der Waals surface area contributed by atoms with Crippen molar-refractivity contribution in [2.45, 2.75) is 0 Å². The molecule has 6 heteroatoms. The Balaban J connectivity index is 3.30. The summed E-state index contributed by atoms with van der Waals surface area (Å²) in [6.07, 6.45) is 0.0845. The average Bonchev–Trinajstić information content (AvgIpc) is 2.17. The number of hydrogen-bond acceptors (Lipinski definition) is 4. The predicted molar refractivity (Wildman–Crippen MR) is 40.9 cm³/mol. The van der Waals surface area contributed by atoms with E-state index in [1.165, 1.54) is 0 Å².